The first-order valence-corrected chi connectivity index (χ1v) is 9.34. The average Bonchev–Trinajstić information content (AvgIpc) is 2.74. The Kier molecular flexibility index (Phi) is 5.11. The maximum absolute atomic E-state index is 12.2. The Morgan fingerprint density at radius 1 is 0.857 bits per heavy atom. The lowest BCUT2D eigenvalue weighted by Crippen LogP contribution is -2.08. The number of aryl methyl sites for hydroxylation is 1. The maximum Gasteiger partial charge on any atom is 0.336 e. The van der Waals surface area contributed by atoms with Crippen LogP contribution in [-0.4, -0.2) is 21.0 Å². The molecule has 4 nitrogen and oxygen atoms in total. The molecule has 28 heavy (non-hydrogen) atoms. The predicted octanol–water partition coefficient (Wildman–Crippen LogP) is 5.17. The van der Waals surface area contributed by atoms with E-state index < -0.39 is 5.97 Å². The van der Waals surface area contributed by atoms with Gasteiger partial charge in [0.25, 0.3) is 0 Å². The molecule has 0 aliphatic heterocycles. The van der Waals surface area contributed by atoms with Crippen molar-refractivity contribution in [2.24, 2.45) is 0 Å². The normalized spacial score (nSPS) is 10.9. The number of carbonyl (C=O) groups is 1. The largest absolute Gasteiger partial charge is 0.478 e. The van der Waals surface area contributed by atoms with E-state index in [9.17, 15) is 9.90 Å². The van der Waals surface area contributed by atoms with Gasteiger partial charge in [0.2, 0.25) is 0 Å². The van der Waals surface area contributed by atoms with Crippen molar-refractivity contribution in [3.8, 4) is 11.3 Å². The quantitative estimate of drug-likeness (QED) is 0.510. The van der Waals surface area contributed by atoms with Crippen LogP contribution in [0.15, 0.2) is 79.0 Å². The van der Waals surface area contributed by atoms with E-state index in [2.05, 4.69) is 4.98 Å². The average molecular weight is 368 g/mol. The number of benzene rings is 2. The van der Waals surface area contributed by atoms with Crippen LogP contribution in [0.3, 0.4) is 0 Å². The molecule has 4 aromatic rings. The molecule has 0 aliphatic carbocycles. The van der Waals surface area contributed by atoms with Crippen LogP contribution in [0.2, 0.25) is 0 Å². The molecule has 0 bridgehead atoms. The Bertz CT molecular complexity index is 1110. The first kappa shape index (κ1) is 17.9. The summed E-state index contributed by atoms with van der Waals surface area (Å²) in [6.07, 6.45) is 4.00. The van der Waals surface area contributed by atoms with Gasteiger partial charge in [-0.3, -0.25) is 4.98 Å². The van der Waals surface area contributed by atoms with Gasteiger partial charge in [-0.25, -0.2) is 9.78 Å². The third-order valence-electron chi connectivity index (χ3n) is 4.84. The number of fused-ring (bicyclic) bond motifs is 1. The molecule has 0 fully saturated rings. The van der Waals surface area contributed by atoms with E-state index in [0.29, 0.717) is 22.9 Å². The van der Waals surface area contributed by atoms with Crippen LogP contribution in [-0.2, 0) is 12.8 Å². The molecule has 0 unspecified atom stereocenters. The number of hydrogen-bond acceptors (Lipinski definition) is 3. The van der Waals surface area contributed by atoms with E-state index in [1.165, 1.54) is 0 Å². The number of carboxylic acid groups (broad SMARTS) is 1. The van der Waals surface area contributed by atoms with Crippen molar-refractivity contribution in [1.82, 2.24) is 9.97 Å². The fourth-order valence-corrected chi connectivity index (χ4v) is 3.57. The molecule has 138 valence electrons. The van der Waals surface area contributed by atoms with Gasteiger partial charge in [0.1, 0.15) is 0 Å². The number of nitrogens with zero attached hydrogens (tertiary/aromatic N) is 2. The second-order valence-electron chi connectivity index (χ2n) is 6.68. The topological polar surface area (TPSA) is 63.1 Å². The van der Waals surface area contributed by atoms with Gasteiger partial charge in [-0.1, -0.05) is 54.6 Å². The number of aromatic nitrogens is 2. The molecule has 2 aromatic carbocycles. The Labute approximate surface area is 163 Å². The first-order valence-electron chi connectivity index (χ1n) is 9.34. The van der Waals surface area contributed by atoms with Gasteiger partial charge in [-0.15, -0.1) is 0 Å². The minimum Gasteiger partial charge on any atom is -0.478 e. The van der Waals surface area contributed by atoms with Crippen molar-refractivity contribution in [3.05, 3.63) is 95.8 Å². The van der Waals surface area contributed by atoms with E-state index in [1.807, 2.05) is 72.8 Å². The van der Waals surface area contributed by atoms with Gasteiger partial charge in [0.05, 0.1) is 16.8 Å². The fraction of sp³-hybridized carbons (Fsp3) is 0.125. The number of para-hydroxylation sites is 1. The second-order valence-corrected chi connectivity index (χ2v) is 6.68. The molecule has 0 saturated heterocycles. The standard InChI is InChI=1S/C24H20N2O2/c27-24(28)22-19-13-4-5-15-21(19)26-23(17-9-2-1-3-10-17)20(22)14-8-12-18-11-6-7-16-25-18/h1-7,9-11,13,15-16H,8,12,14H2,(H,27,28). The molecule has 2 aromatic heterocycles. The second kappa shape index (κ2) is 8.01. The highest BCUT2D eigenvalue weighted by Gasteiger charge is 2.20. The number of carboxylic acids is 1. The van der Waals surface area contributed by atoms with E-state index >= 15 is 0 Å². The number of pyridine rings is 2. The molecular formula is C24H20N2O2. The Morgan fingerprint density at radius 2 is 1.61 bits per heavy atom. The molecule has 4 heteroatoms. The summed E-state index contributed by atoms with van der Waals surface area (Å²) in [4.78, 5) is 21.4. The lowest BCUT2D eigenvalue weighted by Gasteiger charge is -2.15. The summed E-state index contributed by atoms with van der Waals surface area (Å²) in [5.41, 5.74) is 4.53. The zero-order valence-electron chi connectivity index (χ0n) is 15.4. The monoisotopic (exact) mass is 368 g/mol. The van der Waals surface area contributed by atoms with Crippen LogP contribution in [0, 0.1) is 0 Å². The van der Waals surface area contributed by atoms with E-state index in [-0.39, 0.29) is 0 Å². The van der Waals surface area contributed by atoms with Crippen molar-refractivity contribution >= 4 is 16.9 Å². The summed E-state index contributed by atoms with van der Waals surface area (Å²) in [7, 11) is 0. The Hall–Kier alpha value is -3.53. The molecule has 4 rings (SSSR count). The zero-order valence-corrected chi connectivity index (χ0v) is 15.4. The minimum atomic E-state index is -0.913. The molecule has 0 amide bonds. The minimum absolute atomic E-state index is 0.352. The van der Waals surface area contributed by atoms with Gasteiger partial charge in [-0.05, 0) is 43.0 Å². The Balaban J connectivity index is 1.81. The lowest BCUT2D eigenvalue weighted by atomic mass is 9.93. The van der Waals surface area contributed by atoms with Crippen molar-refractivity contribution in [2.75, 3.05) is 0 Å². The summed E-state index contributed by atoms with van der Waals surface area (Å²) in [5, 5.41) is 10.7. The maximum atomic E-state index is 12.2. The van der Waals surface area contributed by atoms with Gasteiger partial charge in [-0.2, -0.15) is 0 Å². The van der Waals surface area contributed by atoms with Crippen LogP contribution in [0.25, 0.3) is 22.2 Å². The summed E-state index contributed by atoms with van der Waals surface area (Å²) in [5.74, 6) is -0.913. The van der Waals surface area contributed by atoms with E-state index in [1.54, 1.807) is 6.20 Å². The molecule has 0 spiro atoms. The van der Waals surface area contributed by atoms with Crippen molar-refractivity contribution in [2.45, 2.75) is 19.3 Å². The predicted molar refractivity (Wildman–Crippen MR) is 110 cm³/mol. The van der Waals surface area contributed by atoms with Crippen LogP contribution >= 0.6 is 0 Å². The van der Waals surface area contributed by atoms with E-state index in [0.717, 1.165) is 35.4 Å². The number of hydrogen-bond donors (Lipinski definition) is 1. The lowest BCUT2D eigenvalue weighted by molar-refractivity contribution is 0.0698. The van der Waals surface area contributed by atoms with Crippen LogP contribution in [0.1, 0.15) is 28.0 Å². The number of aromatic carboxylic acids is 1. The van der Waals surface area contributed by atoms with Gasteiger partial charge in [0.15, 0.2) is 0 Å². The van der Waals surface area contributed by atoms with Crippen LogP contribution in [0.4, 0.5) is 0 Å². The van der Waals surface area contributed by atoms with Crippen molar-refractivity contribution in [3.63, 3.8) is 0 Å². The smallest absolute Gasteiger partial charge is 0.336 e. The van der Waals surface area contributed by atoms with E-state index in [4.69, 9.17) is 4.98 Å². The van der Waals surface area contributed by atoms with Crippen LogP contribution in [0.5, 0.6) is 0 Å². The van der Waals surface area contributed by atoms with Gasteiger partial charge < -0.3 is 5.11 Å². The molecule has 1 N–H and O–H groups in total. The fourth-order valence-electron chi connectivity index (χ4n) is 3.57. The Morgan fingerprint density at radius 3 is 2.36 bits per heavy atom. The van der Waals surface area contributed by atoms with Gasteiger partial charge in [0, 0.05) is 22.8 Å². The third kappa shape index (κ3) is 3.62. The van der Waals surface area contributed by atoms with Crippen molar-refractivity contribution < 1.29 is 9.90 Å². The molecular weight excluding hydrogens is 348 g/mol. The summed E-state index contributed by atoms with van der Waals surface area (Å²) < 4.78 is 0. The highest BCUT2D eigenvalue weighted by molar-refractivity contribution is 6.05. The van der Waals surface area contributed by atoms with Gasteiger partial charge >= 0.3 is 5.97 Å². The molecule has 0 atom stereocenters. The third-order valence-corrected chi connectivity index (χ3v) is 4.84. The molecule has 0 saturated carbocycles. The highest BCUT2D eigenvalue weighted by Crippen LogP contribution is 2.31. The highest BCUT2D eigenvalue weighted by atomic mass is 16.4. The SMILES string of the molecule is O=C(O)c1c(CCCc2ccccn2)c(-c2ccccc2)nc2ccccc12. The summed E-state index contributed by atoms with van der Waals surface area (Å²) in [6.45, 7) is 0. The first-order chi connectivity index (χ1) is 13.7. The van der Waals surface area contributed by atoms with Crippen molar-refractivity contribution in [1.29, 1.82) is 0 Å². The molecule has 0 aliphatic rings. The summed E-state index contributed by atoms with van der Waals surface area (Å²) >= 11 is 0. The molecule has 2 heterocycles. The zero-order chi connectivity index (χ0) is 19.3. The summed E-state index contributed by atoms with van der Waals surface area (Å²) in [6, 6.07) is 23.1. The number of rotatable bonds is 6. The van der Waals surface area contributed by atoms with Crippen LogP contribution < -0.4 is 0 Å². The molecule has 0 radical (unpaired) electrons.